The van der Waals surface area contributed by atoms with Crippen LogP contribution in [0.3, 0.4) is 0 Å². The summed E-state index contributed by atoms with van der Waals surface area (Å²) in [7, 11) is 1.29. The highest BCUT2D eigenvalue weighted by Gasteiger charge is 2.59. The fraction of sp³-hybridized carbons (Fsp3) is 0.455. The van der Waals surface area contributed by atoms with E-state index in [4.69, 9.17) is 14.2 Å². The number of methoxy groups -OCH3 is 1. The number of fused-ring (bicyclic) bond motifs is 5. The third-order valence-electron chi connectivity index (χ3n) is 5.96. The van der Waals surface area contributed by atoms with E-state index in [-0.39, 0.29) is 35.5 Å². The van der Waals surface area contributed by atoms with Gasteiger partial charge in [0.2, 0.25) is 0 Å². The molecule has 2 amide bonds. The highest BCUT2D eigenvalue weighted by molar-refractivity contribution is 9.10. The van der Waals surface area contributed by atoms with Crippen LogP contribution >= 0.6 is 15.9 Å². The summed E-state index contributed by atoms with van der Waals surface area (Å²) < 4.78 is 16.6. The van der Waals surface area contributed by atoms with Crippen LogP contribution < -0.4 is 9.47 Å². The van der Waals surface area contributed by atoms with Crippen LogP contribution in [-0.4, -0.2) is 48.8 Å². The van der Waals surface area contributed by atoms with Gasteiger partial charge in [-0.15, -0.1) is 0 Å². The molecule has 2 fully saturated rings. The molecule has 2 bridgehead atoms. The predicted molar refractivity (Wildman–Crippen MR) is 115 cm³/mol. The van der Waals surface area contributed by atoms with E-state index in [1.165, 1.54) is 13.3 Å². The zero-order valence-electron chi connectivity index (χ0n) is 17.4. The van der Waals surface area contributed by atoms with E-state index in [0.717, 1.165) is 11.4 Å². The lowest BCUT2D eigenvalue weighted by atomic mass is 9.85. The summed E-state index contributed by atoms with van der Waals surface area (Å²) in [5, 5.41) is 5.21. The summed E-state index contributed by atoms with van der Waals surface area (Å²) in [4.78, 5) is 37.3. The van der Waals surface area contributed by atoms with Crippen molar-refractivity contribution in [3.8, 4) is 11.5 Å². The van der Waals surface area contributed by atoms with Crippen molar-refractivity contribution in [1.29, 1.82) is 0 Å². The number of hydrazone groups is 1. The molecule has 0 unspecified atom stereocenters. The van der Waals surface area contributed by atoms with Crippen LogP contribution in [0.2, 0.25) is 0 Å². The molecular weight excluding hydrogens is 468 g/mol. The number of esters is 1. The molecule has 1 saturated heterocycles. The fourth-order valence-corrected chi connectivity index (χ4v) is 4.96. The molecule has 1 aromatic rings. The van der Waals surface area contributed by atoms with Gasteiger partial charge in [0.05, 0.1) is 31.8 Å². The topological polar surface area (TPSA) is 94.5 Å². The summed E-state index contributed by atoms with van der Waals surface area (Å²) in [6, 6.07) is 3.33. The minimum atomic E-state index is -0.821. The molecule has 1 aliphatic heterocycles. The summed E-state index contributed by atoms with van der Waals surface area (Å²) in [6.45, 7) is 3.78. The second kappa shape index (κ2) is 8.45. The number of hydrogen-bond donors (Lipinski definition) is 0. The number of imide groups is 1. The van der Waals surface area contributed by atoms with E-state index in [1.54, 1.807) is 19.1 Å². The molecule has 0 aromatic heterocycles. The Morgan fingerprint density at radius 1 is 1.23 bits per heavy atom. The summed E-state index contributed by atoms with van der Waals surface area (Å²) in [5.74, 6) is -0.547. The maximum Gasteiger partial charge on any atom is 0.346 e. The highest BCUT2D eigenvalue weighted by Crippen LogP contribution is 2.52. The second-order valence-corrected chi connectivity index (χ2v) is 8.62. The lowest BCUT2D eigenvalue weighted by Crippen LogP contribution is -2.28. The monoisotopic (exact) mass is 490 g/mol. The smallest absolute Gasteiger partial charge is 0.346 e. The summed E-state index contributed by atoms with van der Waals surface area (Å²) >= 11 is 3.45. The number of carbonyl (C=O) groups is 3. The van der Waals surface area contributed by atoms with Crippen LogP contribution in [0, 0.1) is 23.7 Å². The molecule has 9 heteroatoms. The van der Waals surface area contributed by atoms with Gasteiger partial charge in [-0.2, -0.15) is 10.1 Å². The molecule has 1 heterocycles. The molecule has 164 valence electrons. The third-order valence-corrected chi connectivity index (χ3v) is 6.65. The molecule has 0 N–H and O–H groups in total. The Bertz CT molecular complexity index is 960. The lowest BCUT2D eigenvalue weighted by Gasteiger charge is -2.17. The van der Waals surface area contributed by atoms with Gasteiger partial charge in [-0.1, -0.05) is 12.2 Å². The van der Waals surface area contributed by atoms with Gasteiger partial charge in [0.25, 0.3) is 11.8 Å². The van der Waals surface area contributed by atoms with Crippen molar-refractivity contribution in [3.63, 3.8) is 0 Å². The van der Waals surface area contributed by atoms with Crippen molar-refractivity contribution in [2.24, 2.45) is 28.8 Å². The van der Waals surface area contributed by atoms with Crippen molar-refractivity contribution in [2.45, 2.75) is 26.4 Å². The number of ether oxygens (including phenoxy) is 3. The molecule has 0 spiro atoms. The first-order valence-electron chi connectivity index (χ1n) is 10.2. The SMILES string of the molecule is CCOc1cc(C=NN2C(=O)[C@@H]3[C@H](C2=O)[C@H]2C=C[C@H]3C2)c(Br)cc1O[C@H](C)C(=O)OC. The van der Waals surface area contributed by atoms with Crippen LogP contribution in [-0.2, 0) is 19.1 Å². The number of halogens is 1. The molecule has 1 saturated carbocycles. The van der Waals surface area contributed by atoms with E-state index >= 15 is 0 Å². The minimum absolute atomic E-state index is 0.135. The Labute approximate surface area is 188 Å². The average Bonchev–Trinajstić information content (AvgIpc) is 3.43. The van der Waals surface area contributed by atoms with Gasteiger partial charge in [0.15, 0.2) is 17.6 Å². The molecule has 31 heavy (non-hydrogen) atoms. The number of carbonyl (C=O) groups excluding carboxylic acids is 3. The number of benzene rings is 1. The predicted octanol–water partition coefficient (Wildman–Crippen LogP) is 2.93. The van der Waals surface area contributed by atoms with Crippen LogP contribution in [0.4, 0.5) is 0 Å². The summed E-state index contributed by atoms with van der Waals surface area (Å²) in [5.41, 5.74) is 0.597. The van der Waals surface area contributed by atoms with Gasteiger partial charge in [-0.3, -0.25) is 9.59 Å². The molecule has 1 aromatic carbocycles. The van der Waals surface area contributed by atoms with E-state index in [0.29, 0.717) is 28.1 Å². The van der Waals surface area contributed by atoms with Crippen LogP contribution in [0.25, 0.3) is 0 Å². The Hall–Kier alpha value is -2.68. The molecule has 3 aliphatic rings. The first-order chi connectivity index (χ1) is 14.8. The summed E-state index contributed by atoms with van der Waals surface area (Å²) in [6.07, 6.45) is 5.59. The first kappa shape index (κ1) is 21.5. The molecule has 2 aliphatic carbocycles. The molecule has 5 atom stereocenters. The standard InChI is InChI=1S/C22H23BrN2O6/c1-4-30-16-8-14(15(23)9-17(16)31-11(2)22(28)29-3)10-24-25-20(26)18-12-5-6-13(7-12)19(18)21(25)27/h5-6,8-13,18-19H,4,7H2,1-3H3/t11-,12+,13+,18-,19+/m1/s1. The van der Waals surface area contributed by atoms with Crippen molar-refractivity contribution < 1.29 is 28.6 Å². The van der Waals surface area contributed by atoms with Crippen molar-refractivity contribution >= 4 is 39.9 Å². The Morgan fingerprint density at radius 3 is 2.45 bits per heavy atom. The number of amides is 2. The zero-order valence-corrected chi connectivity index (χ0v) is 19.0. The Morgan fingerprint density at radius 2 is 1.87 bits per heavy atom. The lowest BCUT2D eigenvalue weighted by molar-refractivity contribution is -0.148. The zero-order chi connectivity index (χ0) is 22.3. The third kappa shape index (κ3) is 3.75. The Kier molecular flexibility index (Phi) is 5.88. The van der Waals surface area contributed by atoms with Crippen molar-refractivity contribution in [3.05, 3.63) is 34.3 Å². The van der Waals surface area contributed by atoms with E-state index in [9.17, 15) is 14.4 Å². The van der Waals surface area contributed by atoms with Crippen LogP contribution in [0.5, 0.6) is 11.5 Å². The van der Waals surface area contributed by atoms with E-state index in [2.05, 4.69) is 21.0 Å². The highest BCUT2D eigenvalue weighted by atomic mass is 79.9. The van der Waals surface area contributed by atoms with Crippen molar-refractivity contribution in [2.75, 3.05) is 13.7 Å². The fourth-order valence-electron chi connectivity index (χ4n) is 4.54. The maximum atomic E-state index is 12.8. The van der Waals surface area contributed by atoms with Crippen LogP contribution in [0.15, 0.2) is 33.9 Å². The Balaban J connectivity index is 1.56. The van der Waals surface area contributed by atoms with E-state index < -0.39 is 12.1 Å². The van der Waals surface area contributed by atoms with E-state index in [1.807, 2.05) is 19.1 Å². The van der Waals surface area contributed by atoms with Crippen molar-refractivity contribution in [1.82, 2.24) is 5.01 Å². The van der Waals surface area contributed by atoms with Gasteiger partial charge >= 0.3 is 5.97 Å². The number of hydrogen-bond acceptors (Lipinski definition) is 7. The average molecular weight is 491 g/mol. The largest absolute Gasteiger partial charge is 0.490 e. The molecule has 8 nitrogen and oxygen atoms in total. The molecule has 4 rings (SSSR count). The normalized spacial score (nSPS) is 27.2. The first-order valence-corrected chi connectivity index (χ1v) is 11.0. The maximum absolute atomic E-state index is 12.8. The second-order valence-electron chi connectivity index (χ2n) is 7.77. The number of rotatable bonds is 7. The number of allylic oxidation sites excluding steroid dienone is 2. The van der Waals surface area contributed by atoms with Gasteiger partial charge in [0, 0.05) is 10.0 Å². The number of nitrogens with zero attached hydrogens (tertiary/aromatic N) is 2. The van der Waals surface area contributed by atoms with Gasteiger partial charge in [-0.25, -0.2) is 4.79 Å². The molecular formula is C22H23BrN2O6. The molecule has 0 radical (unpaired) electrons. The van der Waals surface area contributed by atoms with Crippen LogP contribution in [0.1, 0.15) is 25.8 Å². The quantitative estimate of drug-likeness (QED) is 0.252. The van der Waals surface area contributed by atoms with Gasteiger partial charge in [-0.05, 0) is 60.2 Å². The van der Waals surface area contributed by atoms with Gasteiger partial charge < -0.3 is 14.2 Å². The minimum Gasteiger partial charge on any atom is -0.490 e. The van der Waals surface area contributed by atoms with Gasteiger partial charge in [0.1, 0.15) is 0 Å².